The zero-order chi connectivity index (χ0) is 80.3. The summed E-state index contributed by atoms with van der Waals surface area (Å²) in [6.07, 6.45) is 71.3. The van der Waals surface area contributed by atoms with Crippen LogP contribution >= 0.6 is 0 Å². The molecule has 3 aliphatic heterocycles. The van der Waals surface area contributed by atoms with Gasteiger partial charge in [-0.1, -0.05) is 355 Å². The third kappa shape index (κ3) is 49.5. The van der Waals surface area contributed by atoms with Gasteiger partial charge < -0.3 is 89.9 Å². The average Bonchev–Trinajstić information content (AvgIpc) is 0.780. The van der Waals surface area contributed by atoms with Gasteiger partial charge in [-0.2, -0.15) is 0 Å². The molecule has 1 amide bonds. The molecule has 0 aromatic carbocycles. The normalized spacial score (nSPS) is 25.5. The molecule has 3 fully saturated rings. The van der Waals surface area contributed by atoms with Crippen LogP contribution in [0.3, 0.4) is 0 Å². The van der Waals surface area contributed by atoms with E-state index in [9.17, 15) is 61.0 Å². The standard InChI is InChI=1S/C92H163NO18/c1-3-5-7-9-11-13-15-17-19-21-23-25-27-29-30-31-32-33-34-35-36-37-38-39-40-41-42-43-44-46-48-50-52-54-56-58-60-62-64-66-68-70-80(98)93-75(76(97)69-67-65-63-61-59-57-55-53-51-49-47-45-28-26-24-22-20-18-16-14-12-10-8-6-4-2)74-106-90-86(104)83(101)88(78(72-95)108-90)111-92-87(105)84(102)89(79(73-96)109-92)110-91-85(103)82(100)81(99)77(71-94)107-91/h5,7,11,13,17,19,23,25,29-30,32-33,59,61,67,69,75-79,81-92,94-97,99-105H,3-4,6,8-10,12,14-16,18,20-22,24,26-28,31,34-58,60,62-66,68,70-74H2,1-2H3,(H,93,98)/b7-5-,13-11-,19-17-,25-23-,30-29-,33-32-,61-59+,69-67+. The summed E-state index contributed by atoms with van der Waals surface area (Å²) in [7, 11) is 0. The predicted octanol–water partition coefficient (Wildman–Crippen LogP) is 17.1. The van der Waals surface area contributed by atoms with Crippen molar-refractivity contribution in [1.82, 2.24) is 5.32 Å². The fourth-order valence-corrected chi connectivity index (χ4v) is 14.7. The number of aliphatic hydroxyl groups is 11. The topological polar surface area (TPSA) is 307 Å². The molecular weight excluding hydrogens is 1410 g/mol. The number of rotatable bonds is 72. The van der Waals surface area contributed by atoms with E-state index in [0.717, 1.165) is 77.0 Å². The van der Waals surface area contributed by atoms with Gasteiger partial charge >= 0.3 is 0 Å². The lowest BCUT2D eigenvalue weighted by molar-refractivity contribution is -0.379. The summed E-state index contributed by atoms with van der Waals surface area (Å²) in [6, 6.07) is -0.994. The maximum atomic E-state index is 13.5. The van der Waals surface area contributed by atoms with E-state index in [2.05, 4.69) is 104 Å². The second-order valence-corrected chi connectivity index (χ2v) is 31.7. The zero-order valence-electron chi connectivity index (χ0n) is 69.4. The molecule has 19 heteroatoms. The molecule has 111 heavy (non-hydrogen) atoms. The van der Waals surface area contributed by atoms with E-state index in [0.29, 0.717) is 12.8 Å². The Bertz CT molecular complexity index is 2380. The van der Waals surface area contributed by atoms with Crippen LogP contribution < -0.4 is 5.32 Å². The Morgan fingerprint density at radius 2 is 0.631 bits per heavy atom. The monoisotopic (exact) mass is 1570 g/mol. The molecule has 3 aliphatic rings. The van der Waals surface area contributed by atoms with Crippen molar-refractivity contribution in [3.63, 3.8) is 0 Å². The van der Waals surface area contributed by atoms with E-state index in [4.69, 9.17) is 28.4 Å². The Morgan fingerprint density at radius 3 is 1.01 bits per heavy atom. The predicted molar refractivity (Wildman–Crippen MR) is 447 cm³/mol. The molecule has 0 radical (unpaired) electrons. The third-order valence-corrected chi connectivity index (χ3v) is 21.9. The van der Waals surface area contributed by atoms with Gasteiger partial charge in [0.1, 0.15) is 73.2 Å². The van der Waals surface area contributed by atoms with Crippen LogP contribution in [0.1, 0.15) is 348 Å². The molecule has 12 N–H and O–H groups in total. The molecule has 0 saturated carbocycles. The van der Waals surface area contributed by atoms with Crippen LogP contribution in [0.15, 0.2) is 97.2 Å². The van der Waals surface area contributed by atoms with Gasteiger partial charge in [0.05, 0.1) is 38.6 Å². The fourth-order valence-electron chi connectivity index (χ4n) is 14.7. The van der Waals surface area contributed by atoms with E-state index >= 15 is 0 Å². The molecule has 19 nitrogen and oxygen atoms in total. The molecule has 3 saturated heterocycles. The lowest BCUT2D eigenvalue weighted by atomic mass is 9.96. The van der Waals surface area contributed by atoms with E-state index < -0.39 is 124 Å². The van der Waals surface area contributed by atoms with Gasteiger partial charge in [0, 0.05) is 6.42 Å². The van der Waals surface area contributed by atoms with E-state index in [1.54, 1.807) is 6.08 Å². The van der Waals surface area contributed by atoms with Crippen LogP contribution in [-0.2, 0) is 33.2 Å². The zero-order valence-corrected chi connectivity index (χ0v) is 69.4. The molecule has 3 rings (SSSR count). The van der Waals surface area contributed by atoms with E-state index in [-0.39, 0.29) is 18.9 Å². The first kappa shape index (κ1) is 102. The van der Waals surface area contributed by atoms with Gasteiger partial charge in [-0.3, -0.25) is 4.79 Å². The molecule has 3 heterocycles. The minimum absolute atomic E-state index is 0.236. The summed E-state index contributed by atoms with van der Waals surface area (Å²) in [6.45, 7) is 1.65. The van der Waals surface area contributed by atoms with Crippen molar-refractivity contribution >= 4 is 5.91 Å². The number of hydrogen-bond acceptors (Lipinski definition) is 18. The Kier molecular flexibility index (Phi) is 65.1. The Labute approximate surface area is 673 Å². The number of hydrogen-bond donors (Lipinski definition) is 12. The number of carbonyl (C=O) groups excluding carboxylic acids is 1. The first-order valence-corrected chi connectivity index (χ1v) is 45.0. The minimum atomic E-state index is -1.98. The van der Waals surface area contributed by atoms with Gasteiger partial charge in [-0.25, -0.2) is 0 Å². The maximum Gasteiger partial charge on any atom is 0.220 e. The molecular formula is C92H163NO18. The number of carbonyl (C=O) groups is 1. The van der Waals surface area contributed by atoms with Gasteiger partial charge in [-0.05, 0) is 83.5 Å². The fraction of sp³-hybridized carbons (Fsp3) is 0.815. The Balaban J connectivity index is 1.31. The van der Waals surface area contributed by atoms with Crippen molar-refractivity contribution in [3.05, 3.63) is 97.2 Å². The summed E-state index contributed by atoms with van der Waals surface area (Å²) in [5.41, 5.74) is 0. The van der Waals surface area contributed by atoms with Gasteiger partial charge in [0.15, 0.2) is 18.9 Å². The molecule has 0 aromatic rings. The van der Waals surface area contributed by atoms with Crippen LogP contribution in [0, 0.1) is 0 Å². The molecule has 17 unspecified atom stereocenters. The summed E-state index contributed by atoms with van der Waals surface area (Å²) in [5, 5.41) is 121. The van der Waals surface area contributed by atoms with Crippen molar-refractivity contribution in [3.8, 4) is 0 Å². The third-order valence-electron chi connectivity index (χ3n) is 21.9. The lowest BCUT2D eigenvalue weighted by Crippen LogP contribution is -2.66. The molecule has 0 bridgehead atoms. The highest BCUT2D eigenvalue weighted by molar-refractivity contribution is 5.76. The van der Waals surface area contributed by atoms with Crippen molar-refractivity contribution in [2.45, 2.75) is 452 Å². The largest absolute Gasteiger partial charge is 0.394 e. The summed E-state index contributed by atoms with van der Waals surface area (Å²) in [5.74, 6) is -0.281. The molecule has 17 atom stereocenters. The first-order valence-electron chi connectivity index (χ1n) is 45.0. The smallest absolute Gasteiger partial charge is 0.220 e. The number of allylic oxidation sites excluding steroid dienone is 15. The van der Waals surface area contributed by atoms with E-state index in [1.165, 1.54) is 238 Å². The molecule has 0 aromatic heterocycles. The van der Waals surface area contributed by atoms with Crippen LogP contribution in [0.2, 0.25) is 0 Å². The summed E-state index contributed by atoms with van der Waals surface area (Å²) in [4.78, 5) is 13.5. The number of aliphatic hydroxyl groups excluding tert-OH is 11. The first-order chi connectivity index (χ1) is 54.3. The van der Waals surface area contributed by atoms with E-state index in [1.807, 2.05) is 6.08 Å². The molecule has 644 valence electrons. The second kappa shape index (κ2) is 70.9. The second-order valence-electron chi connectivity index (χ2n) is 31.7. The van der Waals surface area contributed by atoms with Crippen LogP contribution in [-0.4, -0.2) is 193 Å². The quantitative estimate of drug-likeness (QED) is 0.0199. The maximum absolute atomic E-state index is 13.5. The van der Waals surface area contributed by atoms with Gasteiger partial charge in [0.2, 0.25) is 5.91 Å². The van der Waals surface area contributed by atoms with Crippen molar-refractivity contribution in [1.29, 1.82) is 0 Å². The summed E-state index contributed by atoms with van der Waals surface area (Å²) >= 11 is 0. The average molecular weight is 1570 g/mol. The van der Waals surface area contributed by atoms with Crippen molar-refractivity contribution < 1.29 is 89.4 Å². The van der Waals surface area contributed by atoms with Crippen molar-refractivity contribution in [2.75, 3.05) is 26.4 Å². The lowest BCUT2D eigenvalue weighted by Gasteiger charge is -2.48. The number of ether oxygens (including phenoxy) is 6. The van der Waals surface area contributed by atoms with Gasteiger partial charge in [0.25, 0.3) is 0 Å². The molecule has 0 spiro atoms. The highest BCUT2D eigenvalue weighted by atomic mass is 16.8. The highest BCUT2D eigenvalue weighted by Gasteiger charge is 2.54. The van der Waals surface area contributed by atoms with Crippen LogP contribution in [0.4, 0.5) is 0 Å². The Hall–Kier alpha value is -3.29. The SMILES string of the molecule is CC/C=C\C/C=C\C/C=C\C/C=C\C/C=C\C/C=C\CCCCCCCCCCCCCCCCCCCCCCCCC(=O)NC(COC1OC(CO)C(OC2OC(CO)C(OC3OC(CO)C(O)C(O)C3O)C(O)C2O)C(O)C1O)C(O)/C=C/CC/C=C/CCCCCCCCCCCCCCCCCCCCC. The minimum Gasteiger partial charge on any atom is -0.394 e. The number of unbranched alkanes of at least 4 members (excludes halogenated alkanes) is 42. The molecule has 0 aliphatic carbocycles. The number of amides is 1. The van der Waals surface area contributed by atoms with Gasteiger partial charge in [-0.15, -0.1) is 0 Å². The van der Waals surface area contributed by atoms with Crippen molar-refractivity contribution in [2.24, 2.45) is 0 Å². The summed E-state index contributed by atoms with van der Waals surface area (Å²) < 4.78 is 34.5. The highest BCUT2D eigenvalue weighted by Crippen LogP contribution is 2.33. The van der Waals surface area contributed by atoms with Crippen LogP contribution in [0.5, 0.6) is 0 Å². The Morgan fingerprint density at radius 1 is 0.333 bits per heavy atom. The van der Waals surface area contributed by atoms with Crippen LogP contribution in [0.25, 0.3) is 0 Å². The number of nitrogens with one attached hydrogen (secondary N) is 1.